The lowest BCUT2D eigenvalue weighted by atomic mass is 10.0. The second-order valence-corrected chi connectivity index (χ2v) is 5.55. The zero-order chi connectivity index (χ0) is 13.9. The minimum Gasteiger partial charge on any atom is -0.388 e. The van der Waals surface area contributed by atoms with E-state index in [1.54, 1.807) is 12.4 Å². The highest BCUT2D eigenvalue weighted by Gasteiger charge is 2.13. The van der Waals surface area contributed by atoms with Gasteiger partial charge in [-0.3, -0.25) is 9.97 Å². The van der Waals surface area contributed by atoms with E-state index in [2.05, 4.69) is 25.9 Å². The molecule has 0 fully saturated rings. The van der Waals surface area contributed by atoms with Crippen molar-refractivity contribution < 1.29 is 5.11 Å². The number of nitrogens with zero attached hydrogens (tertiary/aromatic N) is 2. The second kappa shape index (κ2) is 5.69. The summed E-state index contributed by atoms with van der Waals surface area (Å²) in [6, 6.07) is 11.8. The third-order valence-electron chi connectivity index (χ3n) is 3.25. The first kappa shape index (κ1) is 13.2. The molecule has 100 valence electrons. The molecule has 0 saturated heterocycles. The van der Waals surface area contributed by atoms with Gasteiger partial charge in [0.25, 0.3) is 0 Å². The zero-order valence-corrected chi connectivity index (χ0v) is 12.3. The molecule has 1 atom stereocenters. The molecule has 0 spiro atoms. The maximum Gasteiger partial charge on any atom is 0.0866 e. The van der Waals surface area contributed by atoms with Crippen LogP contribution in [0.15, 0.2) is 59.5 Å². The summed E-state index contributed by atoms with van der Waals surface area (Å²) < 4.78 is 0.933. The SMILES string of the molecule is OC(Cc1ccc(Br)cn1)c1cncc2ccccc12. The highest BCUT2D eigenvalue weighted by Crippen LogP contribution is 2.25. The first-order valence-electron chi connectivity index (χ1n) is 6.35. The van der Waals surface area contributed by atoms with Crippen LogP contribution in [0.2, 0.25) is 0 Å². The molecule has 4 heteroatoms. The van der Waals surface area contributed by atoms with Gasteiger partial charge in [-0.2, -0.15) is 0 Å². The van der Waals surface area contributed by atoms with Gasteiger partial charge < -0.3 is 5.11 Å². The molecule has 0 aliphatic carbocycles. The second-order valence-electron chi connectivity index (χ2n) is 4.64. The maximum absolute atomic E-state index is 10.4. The van der Waals surface area contributed by atoms with E-state index in [-0.39, 0.29) is 0 Å². The minimum absolute atomic E-state index is 0.475. The van der Waals surface area contributed by atoms with Gasteiger partial charge in [0.1, 0.15) is 0 Å². The Bertz CT molecular complexity index is 723. The molecule has 3 nitrogen and oxygen atoms in total. The first-order valence-corrected chi connectivity index (χ1v) is 7.14. The summed E-state index contributed by atoms with van der Waals surface area (Å²) >= 11 is 3.35. The lowest BCUT2D eigenvalue weighted by Gasteiger charge is -2.13. The van der Waals surface area contributed by atoms with Gasteiger partial charge in [-0.1, -0.05) is 24.3 Å². The Balaban J connectivity index is 1.92. The summed E-state index contributed by atoms with van der Waals surface area (Å²) in [6.45, 7) is 0. The number of hydrogen-bond acceptors (Lipinski definition) is 3. The fourth-order valence-electron chi connectivity index (χ4n) is 2.24. The lowest BCUT2D eigenvalue weighted by Crippen LogP contribution is -2.04. The number of hydrogen-bond donors (Lipinski definition) is 1. The van der Waals surface area contributed by atoms with Crippen LogP contribution in [-0.2, 0) is 6.42 Å². The molecule has 20 heavy (non-hydrogen) atoms. The van der Waals surface area contributed by atoms with Gasteiger partial charge >= 0.3 is 0 Å². The van der Waals surface area contributed by atoms with Crippen molar-refractivity contribution in [2.24, 2.45) is 0 Å². The summed E-state index contributed by atoms with van der Waals surface area (Å²) in [7, 11) is 0. The maximum atomic E-state index is 10.4. The number of aliphatic hydroxyl groups excluding tert-OH is 1. The number of pyridine rings is 2. The minimum atomic E-state index is -0.609. The first-order chi connectivity index (χ1) is 9.74. The van der Waals surface area contributed by atoms with Crippen molar-refractivity contribution in [3.05, 3.63) is 70.7 Å². The van der Waals surface area contributed by atoms with Crippen LogP contribution in [0.3, 0.4) is 0 Å². The normalized spacial score (nSPS) is 12.5. The van der Waals surface area contributed by atoms with E-state index in [0.717, 1.165) is 26.5 Å². The van der Waals surface area contributed by atoms with Crippen LogP contribution in [0, 0.1) is 0 Å². The predicted octanol–water partition coefficient (Wildman–Crippen LogP) is 3.67. The van der Waals surface area contributed by atoms with Gasteiger partial charge in [0.2, 0.25) is 0 Å². The average molecular weight is 329 g/mol. The van der Waals surface area contributed by atoms with Crippen LogP contribution >= 0.6 is 15.9 Å². The Morgan fingerprint density at radius 3 is 2.70 bits per heavy atom. The highest BCUT2D eigenvalue weighted by molar-refractivity contribution is 9.10. The number of aliphatic hydroxyl groups is 1. The largest absolute Gasteiger partial charge is 0.388 e. The van der Waals surface area contributed by atoms with Crippen LogP contribution in [0.25, 0.3) is 10.8 Å². The van der Waals surface area contributed by atoms with Gasteiger partial charge in [-0.05, 0) is 33.4 Å². The molecule has 2 heterocycles. The van der Waals surface area contributed by atoms with E-state index >= 15 is 0 Å². The topological polar surface area (TPSA) is 46.0 Å². The van der Waals surface area contributed by atoms with Crippen molar-refractivity contribution in [1.82, 2.24) is 9.97 Å². The monoisotopic (exact) mass is 328 g/mol. The van der Waals surface area contributed by atoms with E-state index in [1.165, 1.54) is 0 Å². The van der Waals surface area contributed by atoms with Crippen LogP contribution < -0.4 is 0 Å². The van der Waals surface area contributed by atoms with Crippen molar-refractivity contribution in [3.8, 4) is 0 Å². The molecule has 0 saturated carbocycles. The quantitative estimate of drug-likeness (QED) is 0.797. The molecule has 1 unspecified atom stereocenters. The molecule has 0 radical (unpaired) electrons. The van der Waals surface area contributed by atoms with E-state index < -0.39 is 6.10 Å². The van der Waals surface area contributed by atoms with Crippen molar-refractivity contribution in [3.63, 3.8) is 0 Å². The van der Waals surface area contributed by atoms with Crippen LogP contribution in [0.4, 0.5) is 0 Å². The Morgan fingerprint density at radius 2 is 1.90 bits per heavy atom. The zero-order valence-electron chi connectivity index (χ0n) is 10.7. The molecule has 1 N–H and O–H groups in total. The molecular weight excluding hydrogens is 316 g/mol. The Morgan fingerprint density at radius 1 is 1.05 bits per heavy atom. The summed E-state index contributed by atoms with van der Waals surface area (Å²) in [4.78, 5) is 8.50. The number of halogens is 1. The fraction of sp³-hybridized carbons (Fsp3) is 0.125. The molecule has 0 aliphatic heterocycles. The average Bonchev–Trinajstić information content (AvgIpc) is 2.49. The predicted molar refractivity (Wildman–Crippen MR) is 82.3 cm³/mol. The molecule has 0 aliphatic rings. The lowest BCUT2D eigenvalue weighted by molar-refractivity contribution is 0.178. The van der Waals surface area contributed by atoms with Gasteiger partial charge in [-0.15, -0.1) is 0 Å². The summed E-state index contributed by atoms with van der Waals surface area (Å²) in [6.07, 6.45) is 5.14. The Hall–Kier alpha value is -1.78. The number of rotatable bonds is 3. The van der Waals surface area contributed by atoms with E-state index in [4.69, 9.17) is 0 Å². The number of fused-ring (bicyclic) bond motifs is 1. The highest BCUT2D eigenvalue weighted by atomic mass is 79.9. The van der Waals surface area contributed by atoms with Crippen LogP contribution in [0.5, 0.6) is 0 Å². The third-order valence-corrected chi connectivity index (χ3v) is 3.72. The summed E-state index contributed by atoms with van der Waals surface area (Å²) in [5.41, 5.74) is 1.70. The molecule has 3 rings (SSSR count). The molecule has 3 aromatic rings. The number of benzene rings is 1. The summed E-state index contributed by atoms with van der Waals surface area (Å²) in [5.74, 6) is 0. The van der Waals surface area contributed by atoms with E-state index in [1.807, 2.05) is 42.6 Å². The Kier molecular flexibility index (Phi) is 3.76. The van der Waals surface area contributed by atoms with Crippen LogP contribution in [-0.4, -0.2) is 15.1 Å². The van der Waals surface area contributed by atoms with Crippen molar-refractivity contribution in [2.45, 2.75) is 12.5 Å². The third kappa shape index (κ3) is 2.71. The van der Waals surface area contributed by atoms with Gasteiger partial charge in [-0.25, -0.2) is 0 Å². The van der Waals surface area contributed by atoms with E-state index in [9.17, 15) is 5.11 Å². The number of aromatic nitrogens is 2. The molecule has 2 aromatic heterocycles. The molecular formula is C16H13BrN2O. The molecule has 0 bridgehead atoms. The van der Waals surface area contributed by atoms with Crippen LogP contribution in [0.1, 0.15) is 17.4 Å². The van der Waals surface area contributed by atoms with Gasteiger partial charge in [0.15, 0.2) is 0 Å². The fourth-order valence-corrected chi connectivity index (χ4v) is 2.48. The van der Waals surface area contributed by atoms with Crippen molar-refractivity contribution in [1.29, 1.82) is 0 Å². The molecule has 1 aromatic carbocycles. The smallest absolute Gasteiger partial charge is 0.0866 e. The van der Waals surface area contributed by atoms with Gasteiger partial charge in [0.05, 0.1) is 6.10 Å². The standard InChI is InChI=1S/C16H13BrN2O/c17-12-5-6-13(19-9-12)7-16(20)15-10-18-8-11-3-1-2-4-14(11)15/h1-6,8-10,16,20H,7H2. The molecule has 0 amide bonds. The Labute approximate surface area is 125 Å². The van der Waals surface area contributed by atoms with Crippen molar-refractivity contribution >= 4 is 26.7 Å². The van der Waals surface area contributed by atoms with Gasteiger partial charge in [0, 0.05) is 46.1 Å². The van der Waals surface area contributed by atoms with E-state index in [0.29, 0.717) is 6.42 Å². The van der Waals surface area contributed by atoms with Crippen molar-refractivity contribution in [2.75, 3.05) is 0 Å². The summed E-state index contributed by atoms with van der Waals surface area (Å²) in [5, 5.41) is 12.5.